The van der Waals surface area contributed by atoms with Crippen molar-refractivity contribution in [2.45, 2.75) is 16.4 Å². The van der Waals surface area contributed by atoms with E-state index in [0.717, 1.165) is 5.56 Å². The minimum Gasteiger partial charge on any atom is -0.545 e. The van der Waals surface area contributed by atoms with Gasteiger partial charge in [-0.05, 0) is 23.8 Å². The van der Waals surface area contributed by atoms with Gasteiger partial charge in [0.2, 0.25) is 9.70 Å². The number of halogens is 3. The zero-order valence-corrected chi connectivity index (χ0v) is 17.3. The van der Waals surface area contributed by atoms with Crippen molar-refractivity contribution >= 4 is 69.7 Å². The first-order valence-electron chi connectivity index (χ1n) is 7.94. The molecule has 0 aliphatic carbocycles. The van der Waals surface area contributed by atoms with Crippen LogP contribution in [0.15, 0.2) is 54.6 Å². The summed E-state index contributed by atoms with van der Waals surface area (Å²) in [5.74, 6) is -1.77. The van der Waals surface area contributed by atoms with Gasteiger partial charge >= 0.3 is 0 Å². The van der Waals surface area contributed by atoms with E-state index in [2.05, 4.69) is 16.0 Å². The van der Waals surface area contributed by atoms with Gasteiger partial charge in [-0.25, -0.2) is 0 Å². The molecule has 0 bridgehead atoms. The van der Waals surface area contributed by atoms with E-state index in [4.69, 9.17) is 47.0 Å². The van der Waals surface area contributed by atoms with Crippen LogP contribution in [0.1, 0.15) is 15.9 Å². The Hall–Kier alpha value is -2.06. The number of para-hydroxylation sites is 1. The fourth-order valence-electron chi connectivity index (χ4n) is 2.25. The molecule has 0 radical (unpaired) electrons. The Bertz CT molecular complexity index is 860. The van der Waals surface area contributed by atoms with Gasteiger partial charge in [0.05, 0.1) is 12.4 Å². The molecular formula is C18H15Cl3N3O3S-. The number of aromatic carboxylic acids is 1. The number of hydrogen-bond donors (Lipinski definition) is 3. The van der Waals surface area contributed by atoms with Gasteiger partial charge in [0.15, 0.2) is 5.11 Å². The van der Waals surface area contributed by atoms with Crippen LogP contribution in [0, 0.1) is 0 Å². The molecule has 3 N–H and O–H groups in total. The molecule has 1 unspecified atom stereocenters. The van der Waals surface area contributed by atoms with Gasteiger partial charge in [0.1, 0.15) is 6.17 Å². The summed E-state index contributed by atoms with van der Waals surface area (Å²) in [5.41, 5.74) is 0.885. The van der Waals surface area contributed by atoms with Gasteiger partial charge in [0, 0.05) is 11.3 Å². The average Bonchev–Trinajstić information content (AvgIpc) is 2.61. The summed E-state index contributed by atoms with van der Waals surface area (Å²) in [6.45, 7) is 0. The quantitative estimate of drug-likeness (QED) is 0.349. The Morgan fingerprint density at radius 3 is 2.21 bits per heavy atom. The summed E-state index contributed by atoms with van der Waals surface area (Å²) >= 11 is 23.0. The summed E-state index contributed by atoms with van der Waals surface area (Å²) < 4.78 is -1.92. The summed E-state index contributed by atoms with van der Waals surface area (Å²) in [5, 5.41) is 19.0. The Kier molecular flexibility index (Phi) is 7.88. The summed E-state index contributed by atoms with van der Waals surface area (Å²) in [4.78, 5) is 23.4. The molecule has 1 atom stereocenters. The second-order valence-electron chi connectivity index (χ2n) is 5.64. The van der Waals surface area contributed by atoms with Crippen molar-refractivity contribution in [1.82, 2.24) is 10.6 Å². The Labute approximate surface area is 182 Å². The van der Waals surface area contributed by atoms with Crippen LogP contribution in [0.25, 0.3) is 0 Å². The van der Waals surface area contributed by atoms with E-state index in [1.807, 2.05) is 6.07 Å². The zero-order valence-electron chi connectivity index (χ0n) is 14.2. The smallest absolute Gasteiger partial charge is 0.228 e. The molecule has 10 heteroatoms. The monoisotopic (exact) mass is 458 g/mol. The number of amides is 1. The van der Waals surface area contributed by atoms with Crippen LogP contribution in [0.2, 0.25) is 0 Å². The zero-order chi connectivity index (χ0) is 20.7. The lowest BCUT2D eigenvalue weighted by molar-refractivity contribution is -0.254. The fraction of sp³-hybridized carbons (Fsp3) is 0.167. The minimum absolute atomic E-state index is 0.0509. The van der Waals surface area contributed by atoms with Gasteiger partial charge in [-0.3, -0.25) is 4.79 Å². The van der Waals surface area contributed by atoms with E-state index in [1.54, 1.807) is 36.4 Å². The predicted molar refractivity (Wildman–Crippen MR) is 112 cm³/mol. The Morgan fingerprint density at radius 2 is 1.61 bits per heavy atom. The highest BCUT2D eigenvalue weighted by atomic mass is 35.6. The number of alkyl halides is 3. The molecule has 0 aliphatic heterocycles. The summed E-state index contributed by atoms with van der Waals surface area (Å²) in [7, 11) is 0. The van der Waals surface area contributed by atoms with Gasteiger partial charge in [-0.15, -0.1) is 0 Å². The fourth-order valence-corrected chi connectivity index (χ4v) is 2.81. The number of nitrogens with one attached hydrogen (secondary N) is 3. The maximum absolute atomic E-state index is 12.3. The molecule has 0 aromatic heterocycles. The predicted octanol–water partition coefficient (Wildman–Crippen LogP) is 2.39. The third-order valence-electron chi connectivity index (χ3n) is 3.51. The Balaban J connectivity index is 2.05. The van der Waals surface area contributed by atoms with Gasteiger partial charge in [0.25, 0.3) is 0 Å². The second kappa shape index (κ2) is 9.93. The topological polar surface area (TPSA) is 93.3 Å². The van der Waals surface area contributed by atoms with Crippen LogP contribution in [-0.4, -0.2) is 26.9 Å². The number of anilines is 1. The van der Waals surface area contributed by atoms with Crippen LogP contribution in [-0.2, 0) is 11.2 Å². The third kappa shape index (κ3) is 6.83. The molecule has 0 heterocycles. The maximum Gasteiger partial charge on any atom is 0.228 e. The van der Waals surface area contributed by atoms with Gasteiger partial charge < -0.3 is 25.9 Å². The maximum atomic E-state index is 12.3. The number of carbonyl (C=O) groups is 2. The molecule has 2 aromatic rings. The Morgan fingerprint density at radius 1 is 1.00 bits per heavy atom. The van der Waals surface area contributed by atoms with Crippen LogP contribution in [0.3, 0.4) is 0 Å². The number of hydrogen-bond acceptors (Lipinski definition) is 4. The molecule has 1 amide bonds. The van der Waals surface area contributed by atoms with E-state index < -0.39 is 21.8 Å². The van der Waals surface area contributed by atoms with E-state index in [1.165, 1.54) is 12.1 Å². The summed E-state index contributed by atoms with van der Waals surface area (Å²) in [6.07, 6.45) is -1.09. The lowest BCUT2D eigenvalue weighted by Gasteiger charge is -2.28. The van der Waals surface area contributed by atoms with Gasteiger partial charge in [-0.2, -0.15) is 0 Å². The van der Waals surface area contributed by atoms with Crippen molar-refractivity contribution in [3.8, 4) is 0 Å². The molecule has 2 rings (SSSR count). The summed E-state index contributed by atoms with van der Waals surface area (Å²) in [6, 6.07) is 15.0. The number of carboxylic acid groups (broad SMARTS) is 1. The molecule has 0 fully saturated rings. The molecular weight excluding hydrogens is 445 g/mol. The number of carboxylic acids is 1. The van der Waals surface area contributed by atoms with E-state index >= 15 is 0 Å². The molecule has 0 spiro atoms. The second-order valence-corrected chi connectivity index (χ2v) is 8.41. The lowest BCUT2D eigenvalue weighted by atomic mass is 10.1. The molecule has 0 aliphatic rings. The van der Waals surface area contributed by atoms with Crippen LogP contribution >= 0.6 is 47.0 Å². The standard InChI is InChI=1S/C18H16Cl3N3O3S/c19-18(20,21)16(23-14(25)10-11-6-2-1-3-7-11)24-17(28)22-13-9-5-4-8-12(13)15(26)27/h1-9,16H,10H2,(H,23,25)(H,26,27)(H2,22,24,28)/p-1. The number of thiocarbonyl (C=S) groups is 1. The van der Waals surface area contributed by atoms with Crippen molar-refractivity contribution in [3.63, 3.8) is 0 Å². The highest BCUT2D eigenvalue weighted by molar-refractivity contribution is 7.80. The first-order valence-corrected chi connectivity index (χ1v) is 9.49. The van der Waals surface area contributed by atoms with E-state index in [9.17, 15) is 14.7 Å². The molecule has 6 nitrogen and oxygen atoms in total. The normalized spacial score (nSPS) is 12.0. The largest absolute Gasteiger partial charge is 0.545 e. The first kappa shape index (κ1) is 22.2. The average molecular weight is 460 g/mol. The molecule has 148 valence electrons. The van der Waals surface area contributed by atoms with Crippen LogP contribution < -0.4 is 21.1 Å². The van der Waals surface area contributed by atoms with Crippen molar-refractivity contribution in [1.29, 1.82) is 0 Å². The molecule has 0 saturated carbocycles. The molecule has 2 aromatic carbocycles. The van der Waals surface area contributed by atoms with E-state index in [0.29, 0.717) is 0 Å². The van der Waals surface area contributed by atoms with Gasteiger partial charge in [-0.1, -0.05) is 83.3 Å². The molecule has 0 saturated heterocycles. The van der Waals surface area contributed by atoms with Crippen LogP contribution in [0.5, 0.6) is 0 Å². The van der Waals surface area contributed by atoms with Crippen molar-refractivity contribution in [2.24, 2.45) is 0 Å². The number of rotatable bonds is 6. The number of carbonyl (C=O) groups excluding carboxylic acids is 2. The van der Waals surface area contributed by atoms with Crippen LogP contribution in [0.4, 0.5) is 5.69 Å². The minimum atomic E-state index is -1.92. The van der Waals surface area contributed by atoms with Crippen molar-refractivity contribution < 1.29 is 14.7 Å². The lowest BCUT2D eigenvalue weighted by Crippen LogP contribution is -2.56. The highest BCUT2D eigenvalue weighted by Crippen LogP contribution is 2.29. The van der Waals surface area contributed by atoms with Crippen molar-refractivity contribution in [3.05, 3.63) is 65.7 Å². The van der Waals surface area contributed by atoms with E-state index in [-0.39, 0.29) is 22.8 Å². The third-order valence-corrected chi connectivity index (χ3v) is 4.39. The molecule has 28 heavy (non-hydrogen) atoms. The highest BCUT2D eigenvalue weighted by Gasteiger charge is 2.34. The van der Waals surface area contributed by atoms with Crippen molar-refractivity contribution in [2.75, 3.05) is 5.32 Å². The first-order chi connectivity index (χ1) is 13.2. The SMILES string of the molecule is O=C(Cc1ccccc1)NC(NC(=S)Nc1ccccc1C(=O)[O-])C(Cl)(Cl)Cl. The number of benzene rings is 2.